The van der Waals surface area contributed by atoms with Crippen LogP contribution in [0, 0.1) is 6.92 Å². The van der Waals surface area contributed by atoms with Crippen molar-refractivity contribution in [2.24, 2.45) is 0 Å². The Morgan fingerprint density at radius 2 is 1.86 bits per heavy atom. The lowest BCUT2D eigenvalue weighted by molar-refractivity contribution is -0.266. The van der Waals surface area contributed by atoms with Crippen LogP contribution in [0.3, 0.4) is 0 Å². The Morgan fingerprint density at radius 1 is 1.19 bits per heavy atom. The molecule has 0 unspecified atom stereocenters. The van der Waals surface area contributed by atoms with Gasteiger partial charge in [0.1, 0.15) is 5.82 Å². The number of alkyl halides is 3. The molecule has 0 radical (unpaired) electrons. The van der Waals surface area contributed by atoms with Crippen LogP contribution in [0.25, 0.3) is 5.65 Å². The van der Waals surface area contributed by atoms with Crippen LogP contribution in [-0.4, -0.2) is 49.8 Å². The first-order chi connectivity index (χ1) is 9.80. The second-order valence-corrected chi connectivity index (χ2v) is 5.23. The van der Waals surface area contributed by atoms with Crippen LogP contribution in [0.4, 0.5) is 19.0 Å². The number of aliphatic hydroxyl groups is 1. The second-order valence-electron chi connectivity index (χ2n) is 5.23. The van der Waals surface area contributed by atoms with Gasteiger partial charge in [0.25, 0.3) is 0 Å². The molecule has 2 aromatic heterocycles. The van der Waals surface area contributed by atoms with E-state index in [1.165, 1.54) is 0 Å². The van der Waals surface area contributed by atoms with Crippen molar-refractivity contribution >= 4 is 11.5 Å². The molecule has 1 aliphatic rings. The number of piperidine rings is 1. The molecule has 9 heteroatoms. The van der Waals surface area contributed by atoms with E-state index in [1.807, 2.05) is 0 Å². The lowest BCUT2D eigenvalue weighted by Gasteiger charge is -2.39. The number of nitrogens with zero attached hydrogens (tertiary/aromatic N) is 5. The van der Waals surface area contributed by atoms with E-state index in [1.54, 1.807) is 28.5 Å². The Labute approximate surface area is 118 Å². The number of fused-ring (bicyclic) bond motifs is 1. The number of halogens is 3. The highest BCUT2D eigenvalue weighted by atomic mass is 19.4. The molecule has 0 aromatic carbocycles. The number of aromatic nitrogens is 4. The third kappa shape index (κ3) is 2.31. The van der Waals surface area contributed by atoms with Crippen LogP contribution < -0.4 is 4.90 Å². The van der Waals surface area contributed by atoms with Gasteiger partial charge in [0.2, 0.25) is 0 Å². The molecule has 0 aliphatic carbocycles. The van der Waals surface area contributed by atoms with Crippen molar-refractivity contribution in [3.8, 4) is 0 Å². The lowest BCUT2D eigenvalue weighted by atomic mass is 9.91. The molecule has 1 aliphatic heterocycles. The lowest BCUT2D eigenvalue weighted by Crippen LogP contribution is -2.53. The molecule has 0 spiro atoms. The Kier molecular flexibility index (Phi) is 3.05. The van der Waals surface area contributed by atoms with Gasteiger partial charge in [-0.25, -0.2) is 0 Å². The minimum absolute atomic E-state index is 0.0929. The summed E-state index contributed by atoms with van der Waals surface area (Å²) in [5, 5.41) is 21.8. The summed E-state index contributed by atoms with van der Waals surface area (Å²) < 4.78 is 39.9. The van der Waals surface area contributed by atoms with Crippen molar-refractivity contribution in [3.05, 3.63) is 18.0 Å². The van der Waals surface area contributed by atoms with Gasteiger partial charge in [0, 0.05) is 25.9 Å². The zero-order chi connectivity index (χ0) is 15.3. The highest BCUT2D eigenvalue weighted by Crippen LogP contribution is 2.38. The highest BCUT2D eigenvalue weighted by molar-refractivity contribution is 5.46. The molecule has 0 amide bonds. The molecule has 0 saturated carbocycles. The summed E-state index contributed by atoms with van der Waals surface area (Å²) in [6.07, 6.45) is -5.32. The largest absolute Gasteiger partial charge is 0.417 e. The molecule has 3 rings (SSSR count). The van der Waals surface area contributed by atoms with Crippen LogP contribution in [0.1, 0.15) is 18.7 Å². The van der Waals surface area contributed by atoms with E-state index in [0.717, 1.165) is 0 Å². The van der Waals surface area contributed by atoms with Crippen molar-refractivity contribution < 1.29 is 18.3 Å². The first kappa shape index (κ1) is 14.1. The fraction of sp³-hybridized carbons (Fsp3) is 0.583. The molecule has 1 fully saturated rings. The maximum Gasteiger partial charge on any atom is 0.417 e. The molecular weight excluding hydrogens is 287 g/mol. The van der Waals surface area contributed by atoms with E-state index < -0.39 is 11.8 Å². The fourth-order valence-corrected chi connectivity index (χ4v) is 2.44. The van der Waals surface area contributed by atoms with Crippen molar-refractivity contribution in [2.45, 2.75) is 31.5 Å². The maximum atomic E-state index is 12.8. The van der Waals surface area contributed by atoms with Gasteiger partial charge in [-0.2, -0.15) is 17.7 Å². The number of hydrogen-bond donors (Lipinski definition) is 1. The molecular formula is C12H14F3N5O. The van der Waals surface area contributed by atoms with E-state index in [9.17, 15) is 18.3 Å². The van der Waals surface area contributed by atoms with Crippen LogP contribution in [-0.2, 0) is 0 Å². The number of rotatable bonds is 1. The summed E-state index contributed by atoms with van der Waals surface area (Å²) in [5.41, 5.74) is -2.01. The third-order valence-electron chi connectivity index (χ3n) is 3.85. The van der Waals surface area contributed by atoms with Crippen molar-refractivity contribution in [2.75, 3.05) is 18.0 Å². The summed E-state index contributed by atoms with van der Waals surface area (Å²) in [6, 6.07) is 3.41. The predicted molar refractivity (Wildman–Crippen MR) is 68.0 cm³/mol. The van der Waals surface area contributed by atoms with Gasteiger partial charge in [0.05, 0.1) is 0 Å². The minimum Gasteiger partial charge on any atom is -0.380 e. The summed E-state index contributed by atoms with van der Waals surface area (Å²) in [6.45, 7) is 1.93. The van der Waals surface area contributed by atoms with Crippen LogP contribution in [0.2, 0.25) is 0 Å². The van der Waals surface area contributed by atoms with Gasteiger partial charge in [-0.15, -0.1) is 15.3 Å². The SMILES string of the molecule is Cc1nnc2ccc(N3CCC(O)(C(F)(F)F)CC3)nn12. The molecule has 1 N–H and O–H groups in total. The summed E-state index contributed by atoms with van der Waals surface area (Å²) in [7, 11) is 0. The Morgan fingerprint density at radius 3 is 2.48 bits per heavy atom. The Hall–Kier alpha value is -1.90. The van der Waals surface area contributed by atoms with Gasteiger partial charge in [-0.3, -0.25) is 0 Å². The summed E-state index contributed by atoms with van der Waals surface area (Å²) in [5.74, 6) is 1.16. The first-order valence-electron chi connectivity index (χ1n) is 6.53. The Balaban J connectivity index is 1.81. The number of hydrogen-bond acceptors (Lipinski definition) is 5. The van der Waals surface area contributed by atoms with E-state index in [2.05, 4.69) is 15.3 Å². The normalized spacial score (nSPS) is 19.2. The zero-order valence-electron chi connectivity index (χ0n) is 11.3. The number of aryl methyl sites for hydroxylation is 1. The average Bonchev–Trinajstić information content (AvgIpc) is 2.80. The monoisotopic (exact) mass is 301 g/mol. The first-order valence-corrected chi connectivity index (χ1v) is 6.53. The summed E-state index contributed by atoms with van der Waals surface area (Å²) >= 11 is 0. The molecule has 0 bridgehead atoms. The van der Waals surface area contributed by atoms with Crippen molar-refractivity contribution in [1.82, 2.24) is 19.8 Å². The second kappa shape index (κ2) is 4.55. The number of anilines is 1. The molecule has 6 nitrogen and oxygen atoms in total. The smallest absolute Gasteiger partial charge is 0.380 e. The molecule has 2 aromatic rings. The maximum absolute atomic E-state index is 12.8. The topological polar surface area (TPSA) is 66.5 Å². The van der Waals surface area contributed by atoms with Gasteiger partial charge < -0.3 is 10.0 Å². The molecule has 1 saturated heterocycles. The standard InChI is InChI=1S/C12H14F3N5O/c1-8-16-17-9-2-3-10(18-20(8)9)19-6-4-11(21,5-7-19)12(13,14)15/h2-3,21H,4-7H2,1H3. The summed E-state index contributed by atoms with van der Waals surface area (Å²) in [4.78, 5) is 1.72. The minimum atomic E-state index is -4.60. The van der Waals surface area contributed by atoms with E-state index in [-0.39, 0.29) is 25.9 Å². The van der Waals surface area contributed by atoms with Crippen LogP contribution in [0.15, 0.2) is 12.1 Å². The zero-order valence-corrected chi connectivity index (χ0v) is 11.3. The fourth-order valence-electron chi connectivity index (χ4n) is 2.44. The van der Waals surface area contributed by atoms with Gasteiger partial charge >= 0.3 is 6.18 Å². The molecule has 0 atom stereocenters. The van der Waals surface area contributed by atoms with Gasteiger partial charge in [0.15, 0.2) is 17.1 Å². The predicted octanol–water partition coefficient (Wildman–Crippen LogP) is 1.33. The van der Waals surface area contributed by atoms with E-state index in [0.29, 0.717) is 17.3 Å². The van der Waals surface area contributed by atoms with Crippen molar-refractivity contribution in [3.63, 3.8) is 0 Å². The average molecular weight is 301 g/mol. The van der Waals surface area contributed by atoms with Gasteiger partial charge in [-0.05, 0) is 19.1 Å². The van der Waals surface area contributed by atoms with Gasteiger partial charge in [-0.1, -0.05) is 0 Å². The molecule has 3 heterocycles. The molecule has 21 heavy (non-hydrogen) atoms. The van der Waals surface area contributed by atoms with Crippen molar-refractivity contribution in [1.29, 1.82) is 0 Å². The highest BCUT2D eigenvalue weighted by Gasteiger charge is 2.54. The Bertz CT molecular complexity index is 660. The van der Waals surface area contributed by atoms with Crippen LogP contribution >= 0.6 is 0 Å². The quantitative estimate of drug-likeness (QED) is 0.860. The van der Waals surface area contributed by atoms with E-state index in [4.69, 9.17) is 0 Å². The third-order valence-corrected chi connectivity index (χ3v) is 3.85. The molecule has 114 valence electrons. The van der Waals surface area contributed by atoms with Crippen LogP contribution in [0.5, 0.6) is 0 Å². The van der Waals surface area contributed by atoms with E-state index >= 15 is 0 Å².